The average molecular weight is 391 g/mol. The molecule has 1 spiro atoms. The molecule has 4 unspecified atom stereocenters. The Balaban J connectivity index is 1.55. The van der Waals surface area contributed by atoms with Gasteiger partial charge in [0.25, 0.3) is 0 Å². The fraction of sp³-hybridized carbons (Fsp3) is 0.318. The summed E-state index contributed by atoms with van der Waals surface area (Å²) in [4.78, 5) is 43.7. The first-order chi connectivity index (χ1) is 14.0. The van der Waals surface area contributed by atoms with Crippen LogP contribution in [0.1, 0.15) is 18.4 Å². The summed E-state index contributed by atoms with van der Waals surface area (Å²) in [6, 6.07) is 12.6. The molecule has 0 radical (unpaired) electrons. The van der Waals surface area contributed by atoms with Crippen LogP contribution < -0.4 is 10.2 Å². The number of hydrogen-bond donors (Lipinski definition) is 1. The molecule has 4 atom stereocenters. The lowest BCUT2D eigenvalue weighted by Gasteiger charge is -2.36. The lowest BCUT2D eigenvalue weighted by atomic mass is 9.75. The van der Waals surface area contributed by atoms with Gasteiger partial charge in [-0.1, -0.05) is 18.2 Å². The van der Waals surface area contributed by atoms with E-state index in [1.165, 1.54) is 24.3 Å². The quantitative estimate of drug-likeness (QED) is 0.757. The molecule has 29 heavy (non-hydrogen) atoms. The molecule has 4 aliphatic rings. The molecule has 146 valence electrons. The molecular weight excluding hydrogens is 373 g/mol. The predicted octanol–water partition coefficient (Wildman–Crippen LogP) is 2.26. The molecule has 0 aromatic heterocycles. The number of carbonyl (C=O) groups is 3. The van der Waals surface area contributed by atoms with Gasteiger partial charge in [0.15, 0.2) is 0 Å². The normalized spacial score (nSPS) is 32.7. The molecule has 0 saturated carbocycles. The van der Waals surface area contributed by atoms with E-state index in [2.05, 4.69) is 10.2 Å². The number of anilines is 2. The molecule has 6 nitrogen and oxygen atoms in total. The number of hydrogen-bond acceptors (Lipinski definition) is 4. The molecule has 4 aliphatic heterocycles. The van der Waals surface area contributed by atoms with E-state index < -0.39 is 23.2 Å². The minimum atomic E-state index is -1.16. The number of benzene rings is 2. The SMILES string of the molecule is O=C1C2C3CCCN3C3(C(=O)Nc4ccccc43)C2C(=O)N1c1ccc(F)cc1. The maximum Gasteiger partial charge on any atom is 0.250 e. The monoisotopic (exact) mass is 391 g/mol. The molecule has 0 bridgehead atoms. The second-order valence-electron chi connectivity index (χ2n) is 8.16. The summed E-state index contributed by atoms with van der Waals surface area (Å²) in [5, 5.41) is 2.94. The molecule has 2 aromatic carbocycles. The zero-order valence-corrected chi connectivity index (χ0v) is 15.5. The van der Waals surface area contributed by atoms with Crippen molar-refractivity contribution in [3.05, 3.63) is 59.9 Å². The Morgan fingerprint density at radius 1 is 1.00 bits per heavy atom. The van der Waals surface area contributed by atoms with Crippen LogP contribution in [0.25, 0.3) is 0 Å². The second kappa shape index (κ2) is 5.51. The Hall–Kier alpha value is -3.06. The first-order valence-electron chi connectivity index (χ1n) is 9.86. The number of para-hydroxylation sites is 1. The maximum absolute atomic E-state index is 13.6. The van der Waals surface area contributed by atoms with E-state index in [0.717, 1.165) is 23.3 Å². The number of rotatable bonds is 1. The Kier molecular flexibility index (Phi) is 3.20. The topological polar surface area (TPSA) is 69.7 Å². The third-order valence-corrected chi connectivity index (χ3v) is 6.98. The first-order valence-corrected chi connectivity index (χ1v) is 9.86. The summed E-state index contributed by atoms with van der Waals surface area (Å²) in [6.07, 6.45) is 1.65. The molecule has 2 aromatic rings. The van der Waals surface area contributed by atoms with E-state index in [1.54, 1.807) is 0 Å². The maximum atomic E-state index is 13.6. The van der Waals surface area contributed by atoms with E-state index in [9.17, 15) is 18.8 Å². The van der Waals surface area contributed by atoms with E-state index in [-0.39, 0.29) is 23.8 Å². The van der Waals surface area contributed by atoms with Crippen molar-refractivity contribution >= 4 is 29.1 Å². The second-order valence-corrected chi connectivity index (χ2v) is 8.16. The number of carbonyl (C=O) groups excluding carboxylic acids is 3. The Bertz CT molecular complexity index is 1080. The minimum absolute atomic E-state index is 0.154. The van der Waals surface area contributed by atoms with Crippen molar-refractivity contribution in [2.75, 3.05) is 16.8 Å². The third-order valence-electron chi connectivity index (χ3n) is 6.98. The number of halogens is 1. The fourth-order valence-corrected chi connectivity index (χ4v) is 6.00. The smallest absolute Gasteiger partial charge is 0.250 e. The van der Waals surface area contributed by atoms with E-state index in [1.807, 2.05) is 24.3 Å². The highest BCUT2D eigenvalue weighted by Gasteiger charge is 2.74. The van der Waals surface area contributed by atoms with Crippen LogP contribution >= 0.6 is 0 Å². The van der Waals surface area contributed by atoms with Gasteiger partial charge in [-0.25, -0.2) is 9.29 Å². The number of nitrogens with one attached hydrogen (secondary N) is 1. The molecule has 3 fully saturated rings. The van der Waals surface area contributed by atoms with Gasteiger partial charge in [0, 0.05) is 17.3 Å². The highest BCUT2D eigenvalue weighted by atomic mass is 19.1. The molecule has 0 aliphatic carbocycles. The van der Waals surface area contributed by atoms with E-state index in [0.29, 0.717) is 17.9 Å². The molecule has 1 N–H and O–H groups in total. The lowest BCUT2D eigenvalue weighted by Crippen LogP contribution is -2.54. The van der Waals surface area contributed by atoms with Crippen molar-refractivity contribution in [1.29, 1.82) is 0 Å². The van der Waals surface area contributed by atoms with E-state index in [4.69, 9.17) is 0 Å². The molecule has 3 amide bonds. The Labute approximate surface area is 166 Å². The predicted molar refractivity (Wildman–Crippen MR) is 102 cm³/mol. The van der Waals surface area contributed by atoms with Crippen LogP contribution in [0.15, 0.2) is 48.5 Å². The van der Waals surface area contributed by atoms with Crippen LogP contribution in [0.2, 0.25) is 0 Å². The summed E-state index contributed by atoms with van der Waals surface area (Å²) in [5.74, 6) is -2.71. The number of fused-ring (bicyclic) bond motifs is 7. The highest BCUT2D eigenvalue weighted by molar-refractivity contribution is 6.25. The van der Waals surface area contributed by atoms with Crippen LogP contribution in [0.5, 0.6) is 0 Å². The van der Waals surface area contributed by atoms with Crippen molar-refractivity contribution in [3.8, 4) is 0 Å². The Morgan fingerprint density at radius 3 is 2.55 bits per heavy atom. The van der Waals surface area contributed by atoms with Crippen LogP contribution in [0.3, 0.4) is 0 Å². The summed E-state index contributed by atoms with van der Waals surface area (Å²) < 4.78 is 13.4. The van der Waals surface area contributed by atoms with Gasteiger partial charge in [0.1, 0.15) is 11.4 Å². The molecule has 7 heteroatoms. The molecule has 4 heterocycles. The van der Waals surface area contributed by atoms with Crippen molar-refractivity contribution in [3.63, 3.8) is 0 Å². The van der Waals surface area contributed by atoms with Gasteiger partial charge in [0.2, 0.25) is 17.7 Å². The van der Waals surface area contributed by atoms with Gasteiger partial charge >= 0.3 is 0 Å². The zero-order chi connectivity index (χ0) is 19.9. The summed E-state index contributed by atoms with van der Waals surface area (Å²) >= 11 is 0. The summed E-state index contributed by atoms with van der Waals surface area (Å²) in [6.45, 7) is 0.677. The van der Waals surface area contributed by atoms with Crippen LogP contribution in [0.4, 0.5) is 15.8 Å². The standard InChI is InChI=1S/C22H18FN3O3/c23-12-7-9-13(10-8-12)26-19(27)17-16-6-3-11-25(16)22(18(17)20(26)28)14-4-1-2-5-15(14)24-21(22)29/h1-2,4-5,7-10,16-18H,3,6,11H2,(H,24,29). The largest absolute Gasteiger partial charge is 0.324 e. The minimum Gasteiger partial charge on any atom is -0.324 e. The molecular formula is C22H18FN3O3. The average Bonchev–Trinajstić information content (AvgIpc) is 3.41. The van der Waals surface area contributed by atoms with Gasteiger partial charge in [-0.3, -0.25) is 19.3 Å². The van der Waals surface area contributed by atoms with Crippen molar-refractivity contribution in [2.45, 2.75) is 24.4 Å². The lowest BCUT2D eigenvalue weighted by molar-refractivity contribution is -0.135. The summed E-state index contributed by atoms with van der Waals surface area (Å²) in [5.41, 5.74) is 0.655. The number of nitrogens with zero attached hydrogens (tertiary/aromatic N) is 2. The highest BCUT2D eigenvalue weighted by Crippen LogP contribution is 2.60. The van der Waals surface area contributed by atoms with Gasteiger partial charge in [-0.2, -0.15) is 0 Å². The van der Waals surface area contributed by atoms with Gasteiger partial charge in [-0.15, -0.1) is 0 Å². The van der Waals surface area contributed by atoms with Crippen LogP contribution in [0, 0.1) is 17.7 Å². The van der Waals surface area contributed by atoms with Crippen LogP contribution in [-0.2, 0) is 19.9 Å². The summed E-state index contributed by atoms with van der Waals surface area (Å²) in [7, 11) is 0. The zero-order valence-electron chi connectivity index (χ0n) is 15.5. The molecule has 3 saturated heterocycles. The van der Waals surface area contributed by atoms with Crippen LogP contribution in [-0.4, -0.2) is 35.2 Å². The first kappa shape index (κ1) is 16.9. The van der Waals surface area contributed by atoms with Crippen molar-refractivity contribution in [2.24, 2.45) is 11.8 Å². The molecule has 6 rings (SSSR count). The van der Waals surface area contributed by atoms with Gasteiger partial charge in [-0.05, 0) is 49.7 Å². The number of imide groups is 1. The van der Waals surface area contributed by atoms with Crippen molar-refractivity contribution < 1.29 is 18.8 Å². The third kappa shape index (κ3) is 1.86. The van der Waals surface area contributed by atoms with Crippen molar-refractivity contribution in [1.82, 2.24) is 4.90 Å². The van der Waals surface area contributed by atoms with E-state index >= 15 is 0 Å². The van der Waals surface area contributed by atoms with Gasteiger partial charge < -0.3 is 5.32 Å². The fourth-order valence-electron chi connectivity index (χ4n) is 6.00. The number of amides is 3. The van der Waals surface area contributed by atoms with Gasteiger partial charge in [0.05, 0.1) is 17.5 Å². The Morgan fingerprint density at radius 2 is 1.76 bits per heavy atom.